The van der Waals surface area contributed by atoms with E-state index in [9.17, 15) is 4.79 Å². The molecular formula is C16H24N2O2S. The number of carbonyl (C=O) groups excluding carboxylic acids is 1. The van der Waals surface area contributed by atoms with E-state index >= 15 is 0 Å². The molecule has 5 heteroatoms. The highest BCUT2D eigenvalue weighted by molar-refractivity contribution is 7.99. The summed E-state index contributed by atoms with van der Waals surface area (Å²) in [5.41, 5.74) is 0. The van der Waals surface area contributed by atoms with E-state index in [1.54, 1.807) is 11.8 Å². The number of amides is 2. The summed E-state index contributed by atoms with van der Waals surface area (Å²) >= 11 is 1.75. The van der Waals surface area contributed by atoms with Crippen molar-refractivity contribution in [3.8, 4) is 0 Å². The highest BCUT2D eigenvalue weighted by atomic mass is 32.2. The van der Waals surface area contributed by atoms with E-state index in [0.29, 0.717) is 13.0 Å². The lowest BCUT2D eigenvalue weighted by Gasteiger charge is -2.35. The Hall–Kier alpha value is -1.20. The number of aliphatic hydroxyl groups excluding tert-OH is 1. The zero-order chi connectivity index (χ0) is 14.9. The summed E-state index contributed by atoms with van der Waals surface area (Å²) in [6.45, 7) is 1.63. The van der Waals surface area contributed by atoms with Crippen LogP contribution in [-0.2, 0) is 0 Å². The molecule has 4 nitrogen and oxygen atoms in total. The van der Waals surface area contributed by atoms with E-state index < -0.39 is 0 Å². The van der Waals surface area contributed by atoms with Gasteiger partial charge in [-0.3, -0.25) is 0 Å². The van der Waals surface area contributed by atoms with Gasteiger partial charge in [0.1, 0.15) is 0 Å². The van der Waals surface area contributed by atoms with Gasteiger partial charge in [0, 0.05) is 36.4 Å². The number of nitrogens with zero attached hydrogens (tertiary/aromatic N) is 1. The van der Waals surface area contributed by atoms with Gasteiger partial charge in [-0.2, -0.15) is 0 Å². The molecule has 0 saturated carbocycles. The number of hydrogen-bond donors (Lipinski definition) is 2. The Labute approximate surface area is 130 Å². The van der Waals surface area contributed by atoms with Gasteiger partial charge in [0.15, 0.2) is 0 Å². The minimum Gasteiger partial charge on any atom is -0.396 e. The van der Waals surface area contributed by atoms with Crippen LogP contribution in [-0.4, -0.2) is 47.5 Å². The molecule has 1 saturated heterocycles. The van der Waals surface area contributed by atoms with Crippen molar-refractivity contribution in [3.05, 3.63) is 30.3 Å². The molecule has 1 aromatic rings. The number of thioether (sulfide) groups is 1. The van der Waals surface area contributed by atoms with Crippen LogP contribution in [0, 0.1) is 0 Å². The molecule has 21 heavy (non-hydrogen) atoms. The van der Waals surface area contributed by atoms with Crippen molar-refractivity contribution >= 4 is 17.8 Å². The first-order valence-corrected chi connectivity index (χ1v) is 8.63. The van der Waals surface area contributed by atoms with Crippen molar-refractivity contribution in [2.24, 2.45) is 0 Å². The van der Waals surface area contributed by atoms with Gasteiger partial charge in [-0.25, -0.2) is 4.79 Å². The first-order chi connectivity index (χ1) is 10.3. The van der Waals surface area contributed by atoms with Gasteiger partial charge in [0.05, 0.1) is 0 Å². The first kappa shape index (κ1) is 16.2. The van der Waals surface area contributed by atoms with Crippen molar-refractivity contribution in [3.63, 3.8) is 0 Å². The summed E-state index contributed by atoms with van der Waals surface area (Å²) in [4.78, 5) is 15.3. The first-order valence-electron chi connectivity index (χ1n) is 7.64. The Morgan fingerprint density at radius 3 is 2.90 bits per heavy atom. The van der Waals surface area contributed by atoms with Crippen molar-refractivity contribution in [1.82, 2.24) is 10.2 Å². The topological polar surface area (TPSA) is 52.6 Å². The summed E-state index contributed by atoms with van der Waals surface area (Å²) in [7, 11) is 0. The Balaban J connectivity index is 1.70. The average Bonchev–Trinajstić information content (AvgIpc) is 2.53. The second-order valence-electron chi connectivity index (χ2n) is 5.25. The fourth-order valence-corrected chi connectivity index (χ4v) is 3.45. The number of carbonyl (C=O) groups is 1. The summed E-state index contributed by atoms with van der Waals surface area (Å²) in [6.07, 6.45) is 3.91. The molecule has 1 aliphatic rings. The minimum atomic E-state index is 0.0156. The molecule has 0 bridgehead atoms. The van der Waals surface area contributed by atoms with Crippen LogP contribution in [0.15, 0.2) is 35.2 Å². The molecule has 1 fully saturated rings. The standard InChI is InChI=1S/C16H24N2O2S/c19-12-9-14-6-4-5-11-18(14)16(20)17-10-13-21-15-7-2-1-3-8-15/h1-3,7-8,14,19H,4-6,9-13H2,(H,17,20). The second kappa shape index (κ2) is 8.95. The average molecular weight is 308 g/mol. The summed E-state index contributed by atoms with van der Waals surface area (Å²) in [5.74, 6) is 0.869. The largest absolute Gasteiger partial charge is 0.396 e. The van der Waals surface area contributed by atoms with Crippen molar-refractivity contribution in [2.45, 2.75) is 36.6 Å². The second-order valence-corrected chi connectivity index (χ2v) is 6.42. The van der Waals surface area contributed by atoms with Gasteiger partial charge in [0.25, 0.3) is 0 Å². The van der Waals surface area contributed by atoms with Gasteiger partial charge in [-0.05, 0) is 37.8 Å². The zero-order valence-corrected chi connectivity index (χ0v) is 13.1. The molecular weight excluding hydrogens is 284 g/mol. The fourth-order valence-electron chi connectivity index (χ4n) is 2.66. The SMILES string of the molecule is O=C(NCCSc1ccccc1)N1CCCCC1CCO. The molecule has 1 aromatic carbocycles. The third kappa shape index (κ3) is 5.25. The maximum Gasteiger partial charge on any atom is 0.317 e. The molecule has 1 unspecified atom stereocenters. The predicted octanol–water partition coefficient (Wildman–Crippen LogP) is 2.73. The molecule has 2 N–H and O–H groups in total. The zero-order valence-electron chi connectivity index (χ0n) is 12.3. The van der Waals surface area contributed by atoms with Crippen LogP contribution in [0.1, 0.15) is 25.7 Å². The lowest BCUT2D eigenvalue weighted by Crippen LogP contribution is -2.49. The Morgan fingerprint density at radius 1 is 1.33 bits per heavy atom. The van der Waals surface area contributed by atoms with Crippen LogP contribution >= 0.6 is 11.8 Å². The smallest absolute Gasteiger partial charge is 0.317 e. The van der Waals surface area contributed by atoms with E-state index in [0.717, 1.165) is 31.6 Å². The molecule has 0 aromatic heterocycles. The number of aliphatic hydroxyl groups is 1. The molecule has 1 heterocycles. The van der Waals surface area contributed by atoms with Crippen LogP contribution in [0.3, 0.4) is 0 Å². The number of rotatable bonds is 6. The molecule has 0 radical (unpaired) electrons. The maximum atomic E-state index is 12.2. The highest BCUT2D eigenvalue weighted by Crippen LogP contribution is 2.19. The van der Waals surface area contributed by atoms with E-state index in [1.807, 2.05) is 23.1 Å². The number of piperidine rings is 1. The maximum absolute atomic E-state index is 12.2. The summed E-state index contributed by atoms with van der Waals surface area (Å²) in [5, 5.41) is 12.1. The summed E-state index contributed by atoms with van der Waals surface area (Å²) < 4.78 is 0. The number of nitrogens with one attached hydrogen (secondary N) is 1. The predicted molar refractivity (Wildman–Crippen MR) is 86.6 cm³/mol. The number of benzene rings is 1. The number of likely N-dealkylation sites (tertiary alicyclic amines) is 1. The number of urea groups is 1. The van der Waals surface area contributed by atoms with E-state index in [2.05, 4.69) is 17.4 Å². The van der Waals surface area contributed by atoms with Gasteiger partial charge in [-0.15, -0.1) is 11.8 Å². The van der Waals surface area contributed by atoms with E-state index in [-0.39, 0.29) is 18.7 Å². The molecule has 1 atom stereocenters. The monoisotopic (exact) mass is 308 g/mol. The van der Waals surface area contributed by atoms with Crippen molar-refractivity contribution < 1.29 is 9.90 Å². The third-order valence-corrected chi connectivity index (χ3v) is 4.75. The van der Waals surface area contributed by atoms with Crippen molar-refractivity contribution in [2.75, 3.05) is 25.4 Å². The quantitative estimate of drug-likeness (QED) is 0.627. The van der Waals surface area contributed by atoms with Crippen LogP contribution in [0.2, 0.25) is 0 Å². The third-order valence-electron chi connectivity index (χ3n) is 3.74. The van der Waals surface area contributed by atoms with Crippen LogP contribution in [0.4, 0.5) is 4.79 Å². The molecule has 2 amide bonds. The fraction of sp³-hybridized carbons (Fsp3) is 0.562. The van der Waals surface area contributed by atoms with Crippen molar-refractivity contribution in [1.29, 1.82) is 0 Å². The van der Waals surface area contributed by atoms with Crippen LogP contribution < -0.4 is 5.32 Å². The molecule has 0 aliphatic carbocycles. The van der Waals surface area contributed by atoms with Gasteiger partial charge < -0.3 is 15.3 Å². The van der Waals surface area contributed by atoms with Gasteiger partial charge in [-0.1, -0.05) is 18.2 Å². The summed E-state index contributed by atoms with van der Waals surface area (Å²) in [6, 6.07) is 10.4. The van der Waals surface area contributed by atoms with E-state index in [4.69, 9.17) is 5.11 Å². The highest BCUT2D eigenvalue weighted by Gasteiger charge is 2.25. The Bertz CT molecular complexity index is 426. The lowest BCUT2D eigenvalue weighted by molar-refractivity contribution is 0.132. The molecule has 0 spiro atoms. The Kier molecular flexibility index (Phi) is 6.89. The minimum absolute atomic E-state index is 0.0156. The Morgan fingerprint density at radius 2 is 2.14 bits per heavy atom. The number of hydrogen-bond acceptors (Lipinski definition) is 3. The van der Waals surface area contributed by atoms with Crippen LogP contribution in [0.5, 0.6) is 0 Å². The molecule has 2 rings (SSSR count). The normalized spacial score (nSPS) is 18.5. The lowest BCUT2D eigenvalue weighted by atomic mass is 10.0. The van der Waals surface area contributed by atoms with E-state index in [1.165, 1.54) is 4.90 Å². The van der Waals surface area contributed by atoms with Gasteiger partial charge in [0.2, 0.25) is 0 Å². The molecule has 1 aliphatic heterocycles. The van der Waals surface area contributed by atoms with Crippen LogP contribution in [0.25, 0.3) is 0 Å². The van der Waals surface area contributed by atoms with Gasteiger partial charge >= 0.3 is 6.03 Å². The molecule has 116 valence electrons.